The summed E-state index contributed by atoms with van der Waals surface area (Å²) in [5, 5.41) is 15.0. The first-order chi connectivity index (χ1) is 10.1. The lowest BCUT2D eigenvalue weighted by Gasteiger charge is -2.15. The van der Waals surface area contributed by atoms with Gasteiger partial charge in [0.25, 0.3) is 0 Å². The third-order valence-corrected chi connectivity index (χ3v) is 3.83. The highest BCUT2D eigenvalue weighted by atomic mass is 16.3. The van der Waals surface area contributed by atoms with Crippen LogP contribution >= 0.6 is 0 Å². The van der Waals surface area contributed by atoms with E-state index in [4.69, 9.17) is 0 Å². The molecule has 2 rings (SSSR count). The van der Waals surface area contributed by atoms with Crippen molar-refractivity contribution in [1.82, 2.24) is 10.6 Å². The Morgan fingerprint density at radius 2 is 1.86 bits per heavy atom. The lowest BCUT2D eigenvalue weighted by molar-refractivity contribution is -0.125. The van der Waals surface area contributed by atoms with Crippen LogP contribution in [0.3, 0.4) is 0 Å². The van der Waals surface area contributed by atoms with Crippen LogP contribution in [-0.4, -0.2) is 36.1 Å². The molecule has 1 aromatic carbocycles. The molecular formula is C16H22N2O3. The van der Waals surface area contributed by atoms with Crippen molar-refractivity contribution in [2.24, 2.45) is 5.92 Å². The van der Waals surface area contributed by atoms with Gasteiger partial charge in [0.2, 0.25) is 11.8 Å². The fourth-order valence-electron chi connectivity index (χ4n) is 2.59. The molecule has 21 heavy (non-hydrogen) atoms. The van der Waals surface area contributed by atoms with Gasteiger partial charge in [0.15, 0.2) is 0 Å². The van der Waals surface area contributed by atoms with Gasteiger partial charge in [-0.15, -0.1) is 0 Å². The predicted molar refractivity (Wildman–Crippen MR) is 79.5 cm³/mol. The maximum absolute atomic E-state index is 11.7. The van der Waals surface area contributed by atoms with Crippen molar-refractivity contribution < 1.29 is 14.7 Å². The van der Waals surface area contributed by atoms with Crippen LogP contribution in [0.25, 0.3) is 0 Å². The molecule has 1 aromatic rings. The third-order valence-electron chi connectivity index (χ3n) is 3.83. The van der Waals surface area contributed by atoms with Gasteiger partial charge in [-0.2, -0.15) is 0 Å². The molecule has 0 radical (unpaired) electrons. The van der Waals surface area contributed by atoms with E-state index in [1.165, 1.54) is 0 Å². The number of carbonyl (C=O) groups is 2. The number of benzene rings is 1. The number of carbonyl (C=O) groups excluding carboxylic acids is 2. The minimum absolute atomic E-state index is 0.0194. The Morgan fingerprint density at radius 1 is 1.10 bits per heavy atom. The Balaban J connectivity index is 1.63. The Morgan fingerprint density at radius 3 is 2.52 bits per heavy atom. The van der Waals surface area contributed by atoms with Crippen molar-refractivity contribution in [3.63, 3.8) is 0 Å². The molecule has 2 atom stereocenters. The largest absolute Gasteiger partial charge is 0.393 e. The Bertz CT molecular complexity index is 476. The van der Waals surface area contributed by atoms with E-state index < -0.39 is 0 Å². The number of amides is 2. The first kappa shape index (κ1) is 15.5. The minimum atomic E-state index is -0.307. The van der Waals surface area contributed by atoms with Crippen LogP contribution in [-0.2, 0) is 16.0 Å². The summed E-state index contributed by atoms with van der Waals surface area (Å²) >= 11 is 0. The van der Waals surface area contributed by atoms with Crippen LogP contribution < -0.4 is 10.6 Å². The first-order valence-corrected chi connectivity index (χ1v) is 7.40. The van der Waals surface area contributed by atoms with Crippen LogP contribution in [0.4, 0.5) is 0 Å². The van der Waals surface area contributed by atoms with Gasteiger partial charge in [0, 0.05) is 12.5 Å². The van der Waals surface area contributed by atoms with Crippen LogP contribution in [0.15, 0.2) is 30.3 Å². The Hall–Kier alpha value is -1.88. The number of rotatable bonds is 6. The van der Waals surface area contributed by atoms with Gasteiger partial charge < -0.3 is 15.7 Å². The second-order valence-corrected chi connectivity index (χ2v) is 5.50. The van der Waals surface area contributed by atoms with Crippen molar-refractivity contribution in [1.29, 1.82) is 0 Å². The van der Waals surface area contributed by atoms with E-state index in [1.54, 1.807) is 0 Å². The summed E-state index contributed by atoms with van der Waals surface area (Å²) in [6, 6.07) is 9.40. The molecule has 0 aliphatic heterocycles. The van der Waals surface area contributed by atoms with Crippen LogP contribution in [0.5, 0.6) is 0 Å². The molecule has 2 unspecified atom stereocenters. The van der Waals surface area contributed by atoms with Crippen LogP contribution in [0.1, 0.15) is 24.8 Å². The molecular weight excluding hydrogens is 268 g/mol. The average Bonchev–Trinajstić information content (AvgIpc) is 2.89. The highest BCUT2D eigenvalue weighted by Crippen LogP contribution is 2.24. The zero-order chi connectivity index (χ0) is 15.1. The van der Waals surface area contributed by atoms with Gasteiger partial charge >= 0.3 is 0 Å². The van der Waals surface area contributed by atoms with E-state index in [0.717, 1.165) is 24.8 Å². The second kappa shape index (κ2) is 7.78. The average molecular weight is 290 g/mol. The molecule has 1 aliphatic carbocycles. The summed E-state index contributed by atoms with van der Waals surface area (Å²) in [5.41, 5.74) is 0.921. The fraction of sp³-hybridized carbons (Fsp3) is 0.500. The van der Waals surface area contributed by atoms with Crippen LogP contribution in [0.2, 0.25) is 0 Å². The van der Waals surface area contributed by atoms with E-state index in [-0.39, 0.29) is 36.8 Å². The third kappa shape index (κ3) is 5.19. The van der Waals surface area contributed by atoms with Crippen molar-refractivity contribution in [2.75, 3.05) is 13.1 Å². The Labute approximate surface area is 124 Å². The molecule has 0 saturated heterocycles. The molecule has 0 bridgehead atoms. The van der Waals surface area contributed by atoms with E-state index in [1.807, 2.05) is 30.3 Å². The van der Waals surface area contributed by atoms with Crippen LogP contribution in [0, 0.1) is 5.92 Å². The van der Waals surface area contributed by atoms with Gasteiger partial charge in [-0.1, -0.05) is 36.8 Å². The lowest BCUT2D eigenvalue weighted by Crippen LogP contribution is -2.40. The van der Waals surface area contributed by atoms with E-state index >= 15 is 0 Å². The summed E-state index contributed by atoms with van der Waals surface area (Å²) in [6.07, 6.45) is 2.74. The zero-order valence-electron chi connectivity index (χ0n) is 12.0. The van der Waals surface area contributed by atoms with Crippen molar-refractivity contribution in [2.45, 2.75) is 31.8 Å². The van der Waals surface area contributed by atoms with Crippen molar-refractivity contribution in [3.05, 3.63) is 35.9 Å². The summed E-state index contributed by atoms with van der Waals surface area (Å²) in [4.78, 5) is 23.4. The molecule has 114 valence electrons. The fourth-order valence-corrected chi connectivity index (χ4v) is 2.59. The van der Waals surface area contributed by atoms with E-state index in [2.05, 4.69) is 10.6 Å². The van der Waals surface area contributed by atoms with Gasteiger partial charge in [-0.25, -0.2) is 0 Å². The highest BCUT2D eigenvalue weighted by Gasteiger charge is 2.25. The number of hydrogen-bond acceptors (Lipinski definition) is 3. The predicted octanol–water partition coefficient (Wildman–Crippen LogP) is 0.622. The van der Waals surface area contributed by atoms with Gasteiger partial charge in [-0.3, -0.25) is 9.59 Å². The topological polar surface area (TPSA) is 78.4 Å². The Kier molecular flexibility index (Phi) is 5.75. The molecule has 1 aliphatic rings. The molecule has 2 amide bonds. The summed E-state index contributed by atoms with van der Waals surface area (Å²) in [5.74, 6) is -0.235. The lowest BCUT2D eigenvalue weighted by atomic mass is 10.1. The maximum Gasteiger partial charge on any atom is 0.239 e. The molecule has 5 nitrogen and oxygen atoms in total. The standard InChI is InChI=1S/C16H22N2O3/c19-14-8-4-7-13(14)10-17-16(21)11-18-15(20)9-12-5-2-1-3-6-12/h1-3,5-6,13-14,19H,4,7-11H2,(H,17,21)(H,18,20). The number of aliphatic hydroxyl groups excluding tert-OH is 1. The molecule has 0 aromatic heterocycles. The normalized spacial score (nSPS) is 21.0. The maximum atomic E-state index is 11.7. The molecule has 1 saturated carbocycles. The quantitative estimate of drug-likeness (QED) is 0.719. The van der Waals surface area contributed by atoms with Crippen molar-refractivity contribution >= 4 is 11.8 Å². The van der Waals surface area contributed by atoms with Gasteiger partial charge in [0.1, 0.15) is 0 Å². The second-order valence-electron chi connectivity index (χ2n) is 5.50. The molecule has 5 heteroatoms. The smallest absolute Gasteiger partial charge is 0.239 e. The molecule has 3 N–H and O–H groups in total. The number of nitrogens with one attached hydrogen (secondary N) is 2. The number of hydrogen-bond donors (Lipinski definition) is 3. The van der Waals surface area contributed by atoms with Gasteiger partial charge in [0.05, 0.1) is 19.1 Å². The van der Waals surface area contributed by atoms with E-state index in [9.17, 15) is 14.7 Å². The minimum Gasteiger partial charge on any atom is -0.393 e. The van der Waals surface area contributed by atoms with Crippen molar-refractivity contribution in [3.8, 4) is 0 Å². The monoisotopic (exact) mass is 290 g/mol. The summed E-state index contributed by atoms with van der Waals surface area (Å²) in [7, 11) is 0. The highest BCUT2D eigenvalue weighted by molar-refractivity contribution is 5.85. The van der Waals surface area contributed by atoms with Gasteiger partial charge in [-0.05, 0) is 18.4 Å². The zero-order valence-corrected chi connectivity index (χ0v) is 12.0. The van der Waals surface area contributed by atoms with E-state index in [0.29, 0.717) is 6.54 Å². The number of aliphatic hydroxyl groups is 1. The molecule has 1 fully saturated rings. The molecule has 0 heterocycles. The SMILES string of the molecule is O=C(CNC(=O)Cc1ccccc1)NCC1CCCC1O. The summed E-state index contributed by atoms with van der Waals surface area (Å²) in [6.45, 7) is 0.461. The summed E-state index contributed by atoms with van der Waals surface area (Å²) < 4.78 is 0. The molecule has 0 spiro atoms. The first-order valence-electron chi connectivity index (χ1n) is 7.40.